The van der Waals surface area contributed by atoms with Crippen LogP contribution in [0.4, 0.5) is 0 Å². The summed E-state index contributed by atoms with van der Waals surface area (Å²) in [4.78, 5) is 18.9. The largest absolute Gasteiger partial charge is 0.508 e. The molecule has 0 unspecified atom stereocenters. The monoisotopic (exact) mass is 244 g/mol. The number of benzene rings is 1. The van der Waals surface area contributed by atoms with E-state index in [0.717, 1.165) is 5.56 Å². The maximum atomic E-state index is 11.8. The minimum absolute atomic E-state index is 0.131. The molecule has 4 nitrogen and oxygen atoms in total. The number of H-pyrrole nitrogens is 1. The first kappa shape index (κ1) is 10.0. The minimum Gasteiger partial charge on any atom is -0.508 e. The number of fused-ring (bicyclic) bond motifs is 1. The fourth-order valence-electron chi connectivity index (χ4n) is 1.63. The number of aromatic nitrogens is 2. The van der Waals surface area contributed by atoms with Crippen LogP contribution in [0.15, 0.2) is 40.5 Å². The molecule has 3 rings (SSSR count). The van der Waals surface area contributed by atoms with Gasteiger partial charge < -0.3 is 10.1 Å². The van der Waals surface area contributed by atoms with Gasteiger partial charge in [0.05, 0.1) is 5.52 Å². The SMILES string of the molecule is O=c1[nH]c(-c2ccc(O)cc2)nc2ccsc12. The molecule has 0 aliphatic carbocycles. The second-order valence-electron chi connectivity index (χ2n) is 3.60. The van der Waals surface area contributed by atoms with Gasteiger partial charge in [-0.15, -0.1) is 11.3 Å². The van der Waals surface area contributed by atoms with Gasteiger partial charge in [0.2, 0.25) is 0 Å². The molecule has 0 atom stereocenters. The molecule has 0 aliphatic heterocycles. The first-order valence-corrected chi connectivity index (χ1v) is 5.89. The Hall–Kier alpha value is -2.14. The van der Waals surface area contributed by atoms with Crippen molar-refractivity contribution in [1.29, 1.82) is 0 Å². The molecule has 2 N–H and O–H groups in total. The highest BCUT2D eigenvalue weighted by atomic mass is 32.1. The molecule has 0 radical (unpaired) electrons. The predicted octanol–water partition coefficient (Wildman–Crippen LogP) is 2.36. The number of aromatic amines is 1. The predicted molar refractivity (Wildman–Crippen MR) is 67.3 cm³/mol. The molecule has 17 heavy (non-hydrogen) atoms. The Morgan fingerprint density at radius 3 is 2.71 bits per heavy atom. The van der Waals surface area contributed by atoms with E-state index in [9.17, 15) is 9.90 Å². The normalized spacial score (nSPS) is 10.8. The quantitative estimate of drug-likeness (QED) is 0.690. The van der Waals surface area contributed by atoms with E-state index in [1.54, 1.807) is 24.3 Å². The van der Waals surface area contributed by atoms with Gasteiger partial charge in [0.15, 0.2) is 0 Å². The van der Waals surface area contributed by atoms with Crippen molar-refractivity contribution in [2.75, 3.05) is 0 Å². The van der Waals surface area contributed by atoms with Crippen LogP contribution in [0.25, 0.3) is 21.6 Å². The molecule has 0 fully saturated rings. The maximum Gasteiger partial charge on any atom is 0.269 e. The zero-order chi connectivity index (χ0) is 11.8. The van der Waals surface area contributed by atoms with Crippen molar-refractivity contribution >= 4 is 21.6 Å². The third kappa shape index (κ3) is 1.70. The Bertz CT molecular complexity index is 728. The number of aromatic hydroxyl groups is 1. The van der Waals surface area contributed by atoms with E-state index in [4.69, 9.17) is 0 Å². The van der Waals surface area contributed by atoms with Gasteiger partial charge in [-0.2, -0.15) is 0 Å². The van der Waals surface area contributed by atoms with Gasteiger partial charge in [-0.3, -0.25) is 4.79 Å². The van der Waals surface area contributed by atoms with Crippen molar-refractivity contribution < 1.29 is 5.11 Å². The molecular formula is C12H8N2O2S. The molecule has 2 aromatic heterocycles. The summed E-state index contributed by atoms with van der Waals surface area (Å²) in [7, 11) is 0. The van der Waals surface area contributed by atoms with E-state index in [1.165, 1.54) is 11.3 Å². The molecule has 0 bridgehead atoms. The fraction of sp³-hybridized carbons (Fsp3) is 0. The summed E-state index contributed by atoms with van der Waals surface area (Å²) in [5.74, 6) is 0.702. The molecule has 1 aromatic carbocycles. The van der Waals surface area contributed by atoms with E-state index in [0.29, 0.717) is 16.0 Å². The average Bonchev–Trinajstić information content (AvgIpc) is 2.78. The molecule has 0 aliphatic rings. The van der Waals surface area contributed by atoms with Crippen LogP contribution in [0.2, 0.25) is 0 Å². The summed E-state index contributed by atoms with van der Waals surface area (Å²) >= 11 is 1.37. The molecule has 0 amide bonds. The smallest absolute Gasteiger partial charge is 0.269 e. The lowest BCUT2D eigenvalue weighted by Crippen LogP contribution is -2.07. The first-order chi connectivity index (χ1) is 8.24. The van der Waals surface area contributed by atoms with Crippen LogP contribution in [0, 0.1) is 0 Å². The van der Waals surface area contributed by atoms with Crippen LogP contribution in [0.3, 0.4) is 0 Å². The topological polar surface area (TPSA) is 66.0 Å². The van der Waals surface area contributed by atoms with Crippen molar-refractivity contribution in [3.05, 3.63) is 46.1 Å². The summed E-state index contributed by atoms with van der Waals surface area (Å²) < 4.78 is 0.632. The standard InChI is InChI=1S/C12H8N2O2S/c15-8-3-1-7(2-4-8)11-13-9-5-6-17-10(9)12(16)14-11/h1-6,15H,(H,13,14,16). The Balaban J connectivity index is 2.23. The molecule has 0 spiro atoms. The molecule has 0 saturated heterocycles. The first-order valence-electron chi connectivity index (χ1n) is 5.01. The van der Waals surface area contributed by atoms with Gasteiger partial charge in [-0.05, 0) is 35.7 Å². The van der Waals surface area contributed by atoms with E-state index in [1.807, 2.05) is 11.4 Å². The Kier molecular flexibility index (Phi) is 2.19. The van der Waals surface area contributed by atoms with Gasteiger partial charge in [-0.25, -0.2) is 4.98 Å². The van der Waals surface area contributed by atoms with Gasteiger partial charge >= 0.3 is 0 Å². The van der Waals surface area contributed by atoms with Crippen LogP contribution < -0.4 is 5.56 Å². The Morgan fingerprint density at radius 2 is 1.94 bits per heavy atom. The Morgan fingerprint density at radius 1 is 1.18 bits per heavy atom. The minimum atomic E-state index is -0.131. The van der Waals surface area contributed by atoms with Crippen LogP contribution in [0.1, 0.15) is 0 Å². The van der Waals surface area contributed by atoms with E-state index in [-0.39, 0.29) is 11.3 Å². The van der Waals surface area contributed by atoms with Crippen LogP contribution in [0.5, 0.6) is 5.75 Å². The summed E-state index contributed by atoms with van der Waals surface area (Å²) in [6.45, 7) is 0. The summed E-state index contributed by atoms with van der Waals surface area (Å²) in [6.07, 6.45) is 0. The molecule has 0 saturated carbocycles. The van der Waals surface area contributed by atoms with Crippen LogP contribution in [-0.4, -0.2) is 15.1 Å². The van der Waals surface area contributed by atoms with E-state index >= 15 is 0 Å². The second kappa shape index (κ2) is 3.71. The number of thiophene rings is 1. The number of rotatable bonds is 1. The molecule has 3 aromatic rings. The zero-order valence-corrected chi connectivity index (χ0v) is 9.49. The van der Waals surface area contributed by atoms with E-state index in [2.05, 4.69) is 9.97 Å². The summed E-state index contributed by atoms with van der Waals surface area (Å²) in [6, 6.07) is 8.37. The number of nitrogens with one attached hydrogen (secondary N) is 1. The van der Waals surface area contributed by atoms with Gasteiger partial charge in [0.25, 0.3) is 5.56 Å². The molecule has 2 heterocycles. The Labute approximate surface area is 100 Å². The van der Waals surface area contributed by atoms with Crippen molar-refractivity contribution in [3.8, 4) is 17.1 Å². The van der Waals surface area contributed by atoms with Gasteiger partial charge in [0, 0.05) is 5.56 Å². The lowest BCUT2D eigenvalue weighted by molar-refractivity contribution is 0.475. The van der Waals surface area contributed by atoms with Crippen molar-refractivity contribution in [2.45, 2.75) is 0 Å². The molecule has 84 valence electrons. The maximum absolute atomic E-state index is 11.8. The van der Waals surface area contributed by atoms with Crippen LogP contribution in [-0.2, 0) is 0 Å². The lowest BCUT2D eigenvalue weighted by atomic mass is 10.2. The second-order valence-corrected chi connectivity index (χ2v) is 4.51. The summed E-state index contributed by atoms with van der Waals surface area (Å²) in [5, 5.41) is 11.0. The number of phenolic OH excluding ortho intramolecular Hbond substituents is 1. The van der Waals surface area contributed by atoms with Crippen molar-refractivity contribution in [1.82, 2.24) is 9.97 Å². The van der Waals surface area contributed by atoms with E-state index < -0.39 is 0 Å². The third-order valence-corrected chi connectivity index (χ3v) is 3.36. The number of hydrogen-bond acceptors (Lipinski definition) is 4. The van der Waals surface area contributed by atoms with Crippen LogP contribution >= 0.6 is 11.3 Å². The lowest BCUT2D eigenvalue weighted by Gasteiger charge is -2.00. The number of phenols is 1. The number of hydrogen-bond donors (Lipinski definition) is 2. The average molecular weight is 244 g/mol. The summed E-state index contributed by atoms with van der Waals surface area (Å²) in [5.41, 5.74) is 1.34. The third-order valence-electron chi connectivity index (χ3n) is 2.46. The van der Waals surface area contributed by atoms with Gasteiger partial charge in [-0.1, -0.05) is 0 Å². The van der Waals surface area contributed by atoms with Gasteiger partial charge in [0.1, 0.15) is 16.3 Å². The molecular weight excluding hydrogens is 236 g/mol. The number of nitrogens with zero attached hydrogens (tertiary/aromatic N) is 1. The zero-order valence-electron chi connectivity index (χ0n) is 8.68. The fourth-order valence-corrected chi connectivity index (χ4v) is 2.35. The molecule has 5 heteroatoms. The van der Waals surface area contributed by atoms with Crippen molar-refractivity contribution in [2.24, 2.45) is 0 Å². The highest BCUT2D eigenvalue weighted by Crippen LogP contribution is 2.20. The highest BCUT2D eigenvalue weighted by Gasteiger charge is 2.06. The van der Waals surface area contributed by atoms with Crippen molar-refractivity contribution in [3.63, 3.8) is 0 Å². The highest BCUT2D eigenvalue weighted by molar-refractivity contribution is 7.17.